The van der Waals surface area contributed by atoms with E-state index in [1.54, 1.807) is 11.0 Å². The van der Waals surface area contributed by atoms with E-state index in [1.807, 2.05) is 65.7 Å². The maximum absolute atomic E-state index is 13.1. The van der Waals surface area contributed by atoms with Gasteiger partial charge in [0, 0.05) is 30.5 Å². The topological polar surface area (TPSA) is 68.4 Å². The molecule has 158 valence electrons. The Morgan fingerprint density at radius 2 is 2.00 bits per heavy atom. The highest BCUT2D eigenvalue weighted by Gasteiger charge is 2.42. The number of nitrogens with zero attached hydrogens (tertiary/aromatic N) is 2. The minimum atomic E-state index is -0.633. The van der Waals surface area contributed by atoms with Crippen LogP contribution in [0.4, 0.5) is 5.69 Å². The number of aromatic nitrogens is 1. The van der Waals surface area contributed by atoms with E-state index >= 15 is 0 Å². The van der Waals surface area contributed by atoms with Crippen molar-refractivity contribution in [2.45, 2.75) is 25.4 Å². The Morgan fingerprint density at radius 3 is 2.77 bits per heavy atom. The normalized spacial score (nSPS) is 16.2. The van der Waals surface area contributed by atoms with E-state index in [9.17, 15) is 9.59 Å². The molecule has 0 radical (unpaired) electrons. The number of fused-ring (bicyclic) bond motifs is 1. The Bertz CT molecular complexity index is 1120. The fraction of sp³-hybridized carbons (Fsp3) is 0.208. The molecular formula is C24H24N4O2S. The van der Waals surface area contributed by atoms with Crippen LogP contribution in [0.2, 0.25) is 0 Å². The van der Waals surface area contributed by atoms with Crippen LogP contribution >= 0.6 is 12.2 Å². The van der Waals surface area contributed by atoms with E-state index in [4.69, 9.17) is 12.2 Å². The van der Waals surface area contributed by atoms with E-state index in [0.29, 0.717) is 30.3 Å². The van der Waals surface area contributed by atoms with Gasteiger partial charge in [-0.1, -0.05) is 42.5 Å². The molecule has 6 nitrogen and oxygen atoms in total. The summed E-state index contributed by atoms with van der Waals surface area (Å²) < 4.78 is 0. The van der Waals surface area contributed by atoms with E-state index in [0.717, 1.165) is 16.5 Å². The maximum Gasteiger partial charge on any atom is 0.252 e. The molecule has 0 aliphatic carbocycles. The van der Waals surface area contributed by atoms with Gasteiger partial charge in [-0.25, -0.2) is 0 Å². The van der Waals surface area contributed by atoms with E-state index < -0.39 is 6.04 Å². The van der Waals surface area contributed by atoms with Crippen LogP contribution in [0, 0.1) is 0 Å². The number of carbonyl (C=O) groups is 2. The van der Waals surface area contributed by atoms with E-state index in [1.165, 1.54) is 0 Å². The van der Waals surface area contributed by atoms with Crippen molar-refractivity contribution in [2.75, 3.05) is 11.9 Å². The van der Waals surface area contributed by atoms with Gasteiger partial charge in [-0.05, 0) is 47.8 Å². The monoisotopic (exact) mass is 432 g/mol. The Balaban J connectivity index is 1.51. The number of anilines is 1. The second-order valence-electron chi connectivity index (χ2n) is 7.51. The predicted octanol–water partition coefficient (Wildman–Crippen LogP) is 4.07. The number of H-pyrrole nitrogens is 1. The van der Waals surface area contributed by atoms with Crippen molar-refractivity contribution in [3.63, 3.8) is 0 Å². The third-order valence-electron chi connectivity index (χ3n) is 5.37. The quantitative estimate of drug-likeness (QED) is 0.416. The Labute approximate surface area is 186 Å². The number of hydrogen-bond acceptors (Lipinski definition) is 3. The van der Waals surface area contributed by atoms with Crippen LogP contribution in [0.25, 0.3) is 10.9 Å². The predicted molar refractivity (Wildman–Crippen MR) is 126 cm³/mol. The van der Waals surface area contributed by atoms with Crippen LogP contribution in [0.5, 0.6) is 0 Å². The molecule has 1 aliphatic heterocycles. The van der Waals surface area contributed by atoms with Gasteiger partial charge >= 0.3 is 0 Å². The number of rotatable bonds is 8. The lowest BCUT2D eigenvalue weighted by Crippen LogP contribution is -2.37. The zero-order valence-corrected chi connectivity index (χ0v) is 17.9. The number of hydrogen-bond donors (Lipinski definition) is 2. The van der Waals surface area contributed by atoms with Gasteiger partial charge in [-0.3, -0.25) is 14.5 Å². The molecule has 0 spiro atoms. The second-order valence-corrected chi connectivity index (χ2v) is 7.88. The number of aromatic amines is 1. The number of benzene rings is 2. The zero-order chi connectivity index (χ0) is 21.8. The number of nitrogens with one attached hydrogen (secondary N) is 2. The van der Waals surface area contributed by atoms with Crippen molar-refractivity contribution in [3.05, 3.63) is 79.0 Å². The number of amides is 2. The molecule has 31 heavy (non-hydrogen) atoms. The summed E-state index contributed by atoms with van der Waals surface area (Å²) in [6.07, 6.45) is 4.28. The van der Waals surface area contributed by atoms with Crippen LogP contribution in [-0.2, 0) is 16.1 Å². The highest BCUT2D eigenvalue weighted by Crippen LogP contribution is 2.25. The van der Waals surface area contributed by atoms with Gasteiger partial charge in [-0.2, -0.15) is 0 Å². The second kappa shape index (κ2) is 9.14. The van der Waals surface area contributed by atoms with Gasteiger partial charge in [-0.15, -0.1) is 6.58 Å². The van der Waals surface area contributed by atoms with Crippen LogP contribution in [0.15, 0.2) is 73.4 Å². The average Bonchev–Trinajstić information content (AvgIpc) is 3.32. The zero-order valence-electron chi connectivity index (χ0n) is 17.1. The number of thiocarbonyl (C=S) groups is 1. The smallest absolute Gasteiger partial charge is 0.252 e. The first-order valence-corrected chi connectivity index (χ1v) is 10.6. The van der Waals surface area contributed by atoms with Crippen molar-refractivity contribution < 1.29 is 9.59 Å². The SMILES string of the molecule is C=CCCN1C(=O)C(CC(=O)Nc2ccc3cc[nH]c3c2)N(Cc2ccccc2)C1=S. The molecule has 0 bridgehead atoms. The molecule has 1 atom stereocenters. The van der Waals surface area contributed by atoms with Crippen LogP contribution in [-0.4, -0.2) is 44.3 Å². The summed E-state index contributed by atoms with van der Waals surface area (Å²) in [5, 5.41) is 4.44. The lowest BCUT2D eigenvalue weighted by molar-refractivity contribution is -0.130. The summed E-state index contributed by atoms with van der Waals surface area (Å²) in [5.74, 6) is -0.367. The summed E-state index contributed by atoms with van der Waals surface area (Å²) >= 11 is 5.61. The summed E-state index contributed by atoms with van der Waals surface area (Å²) in [7, 11) is 0. The minimum absolute atomic E-state index is 0.0269. The molecule has 1 unspecified atom stereocenters. The Kier molecular flexibility index (Phi) is 6.13. The first kappa shape index (κ1) is 20.8. The molecule has 2 heterocycles. The van der Waals surface area contributed by atoms with Crippen molar-refractivity contribution in [3.8, 4) is 0 Å². The average molecular weight is 433 g/mol. The lowest BCUT2D eigenvalue weighted by atomic mass is 10.1. The van der Waals surface area contributed by atoms with Gasteiger partial charge in [0.05, 0.1) is 6.42 Å². The first-order chi connectivity index (χ1) is 15.1. The molecule has 1 saturated heterocycles. The maximum atomic E-state index is 13.1. The summed E-state index contributed by atoms with van der Waals surface area (Å²) in [4.78, 5) is 32.5. The van der Waals surface area contributed by atoms with Gasteiger partial charge in [0.25, 0.3) is 5.91 Å². The molecule has 7 heteroatoms. The van der Waals surface area contributed by atoms with Crippen LogP contribution in [0.1, 0.15) is 18.4 Å². The van der Waals surface area contributed by atoms with E-state index in [-0.39, 0.29) is 18.2 Å². The van der Waals surface area contributed by atoms with Gasteiger partial charge < -0.3 is 15.2 Å². The van der Waals surface area contributed by atoms with Crippen molar-refractivity contribution in [1.29, 1.82) is 0 Å². The molecule has 2 aromatic carbocycles. The molecule has 1 aromatic heterocycles. The molecule has 2 amide bonds. The highest BCUT2D eigenvalue weighted by atomic mass is 32.1. The van der Waals surface area contributed by atoms with Gasteiger partial charge in [0.15, 0.2) is 5.11 Å². The standard InChI is InChI=1S/C24H24N4O2S/c1-2-3-13-27-23(30)21(28(24(27)31)16-17-7-5-4-6-8-17)15-22(29)26-19-10-9-18-11-12-25-20(18)14-19/h2,4-12,14,21,25H,1,3,13,15-16H2,(H,26,29). The first-order valence-electron chi connectivity index (χ1n) is 10.2. The third kappa shape index (κ3) is 4.51. The molecule has 3 aromatic rings. The molecule has 1 aliphatic rings. The van der Waals surface area contributed by atoms with Crippen molar-refractivity contribution in [1.82, 2.24) is 14.8 Å². The summed E-state index contributed by atoms with van der Waals surface area (Å²) in [6.45, 7) is 4.67. The Morgan fingerprint density at radius 1 is 1.19 bits per heavy atom. The highest BCUT2D eigenvalue weighted by molar-refractivity contribution is 7.80. The largest absolute Gasteiger partial charge is 0.361 e. The summed E-state index contributed by atoms with van der Waals surface area (Å²) in [6, 6.07) is 16.8. The molecular weight excluding hydrogens is 408 g/mol. The fourth-order valence-corrected chi connectivity index (χ4v) is 4.16. The van der Waals surface area contributed by atoms with Gasteiger partial charge in [0.2, 0.25) is 5.91 Å². The fourth-order valence-electron chi connectivity index (χ4n) is 3.79. The van der Waals surface area contributed by atoms with Gasteiger partial charge in [0.1, 0.15) is 6.04 Å². The Hall–Kier alpha value is -3.45. The van der Waals surface area contributed by atoms with Crippen molar-refractivity contribution >= 4 is 45.7 Å². The molecule has 1 fully saturated rings. The lowest BCUT2D eigenvalue weighted by Gasteiger charge is -2.24. The van der Waals surface area contributed by atoms with E-state index in [2.05, 4.69) is 16.9 Å². The molecule has 4 rings (SSSR count). The minimum Gasteiger partial charge on any atom is -0.361 e. The third-order valence-corrected chi connectivity index (χ3v) is 5.83. The van der Waals surface area contributed by atoms with Crippen molar-refractivity contribution in [2.24, 2.45) is 0 Å². The summed E-state index contributed by atoms with van der Waals surface area (Å²) in [5.41, 5.74) is 2.66. The number of carbonyl (C=O) groups excluding carboxylic acids is 2. The van der Waals surface area contributed by atoms with Crippen LogP contribution in [0.3, 0.4) is 0 Å². The van der Waals surface area contributed by atoms with Crippen LogP contribution < -0.4 is 5.32 Å². The molecule has 2 N–H and O–H groups in total. The molecule has 0 saturated carbocycles.